The van der Waals surface area contributed by atoms with Gasteiger partial charge in [0.05, 0.1) is 0 Å². The number of benzene rings is 1. The molecule has 0 saturated carbocycles. The van der Waals surface area contributed by atoms with Gasteiger partial charge in [-0.25, -0.2) is 0 Å². The van der Waals surface area contributed by atoms with Crippen LogP contribution in [0, 0.1) is 0 Å². The molecule has 0 radical (unpaired) electrons. The van der Waals surface area contributed by atoms with Gasteiger partial charge in [0, 0.05) is 43.7 Å². The average Bonchev–Trinajstić information content (AvgIpc) is 3.17. The summed E-state index contributed by atoms with van der Waals surface area (Å²) >= 11 is 0. The summed E-state index contributed by atoms with van der Waals surface area (Å²) in [5.41, 5.74) is 3.22. The van der Waals surface area contributed by atoms with E-state index in [9.17, 15) is 14.4 Å². The number of carbonyl (C=O) groups excluding carboxylic acids is 3. The Balaban J connectivity index is 1.33. The highest BCUT2D eigenvalue weighted by Gasteiger charge is 2.45. The molecule has 1 unspecified atom stereocenters. The van der Waals surface area contributed by atoms with E-state index < -0.39 is 6.04 Å². The first-order valence-corrected chi connectivity index (χ1v) is 9.78. The first-order valence-electron chi connectivity index (χ1n) is 9.78. The SMILES string of the molecule is O=C1CCC(N2Cc3cc(CN4CCCC45CNC5)ccc3C2=O)C(=O)N1. The van der Waals surface area contributed by atoms with E-state index in [1.54, 1.807) is 4.90 Å². The van der Waals surface area contributed by atoms with Gasteiger partial charge in [-0.15, -0.1) is 0 Å². The van der Waals surface area contributed by atoms with Gasteiger partial charge in [-0.1, -0.05) is 12.1 Å². The minimum atomic E-state index is -0.547. The zero-order chi connectivity index (χ0) is 18.6. The lowest BCUT2D eigenvalue weighted by Gasteiger charge is -2.46. The number of nitrogens with zero attached hydrogens (tertiary/aromatic N) is 2. The van der Waals surface area contributed by atoms with E-state index in [-0.39, 0.29) is 24.1 Å². The van der Waals surface area contributed by atoms with Gasteiger partial charge in [0.2, 0.25) is 11.8 Å². The minimum absolute atomic E-state index is 0.105. The molecule has 4 aliphatic heterocycles. The Kier molecular flexibility index (Phi) is 3.84. The number of fused-ring (bicyclic) bond motifs is 1. The summed E-state index contributed by atoms with van der Waals surface area (Å²) < 4.78 is 0. The molecule has 4 aliphatic rings. The molecule has 1 atom stereocenters. The molecule has 0 aliphatic carbocycles. The number of amides is 3. The van der Waals surface area contributed by atoms with Crippen LogP contribution in [0.1, 0.15) is 47.2 Å². The smallest absolute Gasteiger partial charge is 0.255 e. The molecule has 1 aromatic rings. The summed E-state index contributed by atoms with van der Waals surface area (Å²) in [6, 6.07) is 5.52. The van der Waals surface area contributed by atoms with Gasteiger partial charge < -0.3 is 10.2 Å². The van der Waals surface area contributed by atoms with Gasteiger partial charge >= 0.3 is 0 Å². The fourth-order valence-corrected chi connectivity index (χ4v) is 5.00. The van der Waals surface area contributed by atoms with Crippen LogP contribution in [0.25, 0.3) is 0 Å². The van der Waals surface area contributed by atoms with Crippen LogP contribution in [0.3, 0.4) is 0 Å². The molecule has 7 nitrogen and oxygen atoms in total. The van der Waals surface area contributed by atoms with Gasteiger partial charge in [-0.2, -0.15) is 0 Å². The predicted molar refractivity (Wildman–Crippen MR) is 97.7 cm³/mol. The highest BCUT2D eigenvalue weighted by molar-refractivity contribution is 6.05. The van der Waals surface area contributed by atoms with Crippen LogP contribution in [0.2, 0.25) is 0 Å². The molecule has 142 valence electrons. The monoisotopic (exact) mass is 368 g/mol. The van der Waals surface area contributed by atoms with Crippen molar-refractivity contribution >= 4 is 17.7 Å². The van der Waals surface area contributed by atoms with Crippen molar-refractivity contribution in [1.29, 1.82) is 0 Å². The van der Waals surface area contributed by atoms with Gasteiger partial charge in [0.1, 0.15) is 6.04 Å². The van der Waals surface area contributed by atoms with Gasteiger partial charge in [0.25, 0.3) is 5.91 Å². The van der Waals surface area contributed by atoms with E-state index in [1.807, 2.05) is 12.1 Å². The van der Waals surface area contributed by atoms with Crippen molar-refractivity contribution < 1.29 is 14.4 Å². The van der Waals surface area contributed by atoms with Gasteiger partial charge in [-0.3, -0.25) is 24.6 Å². The summed E-state index contributed by atoms with van der Waals surface area (Å²) in [5, 5.41) is 5.75. The van der Waals surface area contributed by atoms with Crippen LogP contribution in [-0.2, 0) is 22.7 Å². The molecule has 1 spiro atoms. The molecule has 27 heavy (non-hydrogen) atoms. The topological polar surface area (TPSA) is 81.8 Å². The minimum Gasteiger partial charge on any atom is -0.322 e. The first kappa shape index (κ1) is 16.9. The molecule has 0 bridgehead atoms. The average molecular weight is 368 g/mol. The van der Waals surface area contributed by atoms with Crippen LogP contribution in [0.4, 0.5) is 0 Å². The highest BCUT2D eigenvalue weighted by atomic mass is 16.2. The Morgan fingerprint density at radius 3 is 2.78 bits per heavy atom. The van der Waals surface area contributed by atoms with Crippen molar-refractivity contribution in [3.63, 3.8) is 0 Å². The Morgan fingerprint density at radius 1 is 1.19 bits per heavy atom. The summed E-state index contributed by atoms with van der Waals surface area (Å²) in [7, 11) is 0. The maximum atomic E-state index is 12.8. The quantitative estimate of drug-likeness (QED) is 0.754. The number of hydrogen-bond acceptors (Lipinski definition) is 5. The molecule has 3 fully saturated rings. The molecule has 1 aromatic carbocycles. The fraction of sp³-hybridized carbons (Fsp3) is 0.550. The molecule has 5 rings (SSSR count). The molecular formula is C20H24N4O3. The number of carbonyl (C=O) groups is 3. The second-order valence-electron chi connectivity index (χ2n) is 8.24. The van der Waals surface area contributed by atoms with Crippen LogP contribution in [-0.4, -0.2) is 58.7 Å². The zero-order valence-electron chi connectivity index (χ0n) is 15.3. The highest BCUT2D eigenvalue weighted by Crippen LogP contribution is 2.35. The van der Waals surface area contributed by atoms with Gasteiger partial charge in [0.15, 0.2) is 0 Å². The fourth-order valence-electron chi connectivity index (χ4n) is 5.00. The number of hydrogen-bond donors (Lipinski definition) is 2. The van der Waals surface area contributed by atoms with Crippen LogP contribution in [0.15, 0.2) is 18.2 Å². The summed E-state index contributed by atoms with van der Waals surface area (Å²) in [6.45, 7) is 4.61. The van der Waals surface area contributed by atoms with Crippen LogP contribution >= 0.6 is 0 Å². The number of nitrogens with one attached hydrogen (secondary N) is 2. The lowest BCUT2D eigenvalue weighted by atomic mass is 9.89. The molecule has 7 heteroatoms. The maximum Gasteiger partial charge on any atom is 0.255 e. The van der Waals surface area contributed by atoms with Crippen molar-refractivity contribution in [2.45, 2.75) is 50.4 Å². The third-order valence-corrected chi connectivity index (χ3v) is 6.61. The summed E-state index contributed by atoms with van der Waals surface area (Å²) in [6.07, 6.45) is 3.19. The molecule has 2 N–H and O–H groups in total. The van der Waals surface area contributed by atoms with Gasteiger partial charge in [-0.05, 0) is 43.0 Å². The Labute approximate surface area is 158 Å². The summed E-state index contributed by atoms with van der Waals surface area (Å²) in [5.74, 6) is -0.719. The lowest BCUT2D eigenvalue weighted by Crippen LogP contribution is -2.65. The van der Waals surface area contributed by atoms with E-state index >= 15 is 0 Å². The van der Waals surface area contributed by atoms with E-state index in [1.165, 1.54) is 18.4 Å². The Morgan fingerprint density at radius 2 is 2.04 bits per heavy atom. The molecule has 3 saturated heterocycles. The van der Waals surface area contributed by atoms with Crippen molar-refractivity contribution in [1.82, 2.24) is 20.4 Å². The van der Waals surface area contributed by atoms with Crippen molar-refractivity contribution in [2.75, 3.05) is 19.6 Å². The van der Waals surface area contributed by atoms with E-state index in [0.29, 0.717) is 24.1 Å². The zero-order valence-corrected chi connectivity index (χ0v) is 15.3. The molecule has 4 heterocycles. The van der Waals surface area contributed by atoms with E-state index in [4.69, 9.17) is 0 Å². The van der Waals surface area contributed by atoms with Crippen LogP contribution in [0.5, 0.6) is 0 Å². The number of piperidine rings is 1. The largest absolute Gasteiger partial charge is 0.322 e. The number of likely N-dealkylation sites (tertiary alicyclic amines) is 1. The third kappa shape index (κ3) is 2.68. The van der Waals surface area contributed by atoms with Crippen molar-refractivity contribution in [3.05, 3.63) is 34.9 Å². The van der Waals surface area contributed by atoms with E-state index in [0.717, 1.165) is 31.7 Å². The molecular weight excluding hydrogens is 344 g/mol. The lowest BCUT2D eigenvalue weighted by molar-refractivity contribution is -0.136. The van der Waals surface area contributed by atoms with Crippen molar-refractivity contribution in [3.8, 4) is 0 Å². The van der Waals surface area contributed by atoms with Crippen molar-refractivity contribution in [2.24, 2.45) is 0 Å². The van der Waals surface area contributed by atoms with Crippen LogP contribution < -0.4 is 10.6 Å². The maximum absolute atomic E-state index is 12.8. The van der Waals surface area contributed by atoms with E-state index in [2.05, 4.69) is 21.6 Å². The molecule has 0 aromatic heterocycles. The Bertz CT molecular complexity index is 833. The second kappa shape index (κ2) is 6.14. The Hall–Kier alpha value is -2.25. The normalized spacial score (nSPS) is 27.0. The first-order chi connectivity index (χ1) is 13.1. The third-order valence-electron chi connectivity index (χ3n) is 6.61. The molecule has 3 amide bonds. The number of rotatable bonds is 3. The summed E-state index contributed by atoms with van der Waals surface area (Å²) in [4.78, 5) is 40.5. The standard InChI is InChI=1S/C20H24N4O3/c25-17-5-4-16(18(26)22-17)24-10-14-8-13(2-3-15(14)19(24)27)9-23-7-1-6-20(23)11-21-12-20/h2-3,8,16,21H,1,4-7,9-12H2,(H,22,25,26). The predicted octanol–water partition coefficient (Wildman–Crippen LogP) is 0.385. The number of imide groups is 1. The second-order valence-corrected chi connectivity index (χ2v) is 8.24.